The van der Waals surface area contributed by atoms with Gasteiger partial charge in [0.1, 0.15) is 5.75 Å². The summed E-state index contributed by atoms with van der Waals surface area (Å²) in [6, 6.07) is 11.3. The van der Waals surface area contributed by atoms with Crippen molar-refractivity contribution in [3.05, 3.63) is 53.6 Å². The van der Waals surface area contributed by atoms with Crippen LogP contribution in [0.2, 0.25) is 0 Å². The fourth-order valence-corrected chi connectivity index (χ4v) is 4.59. The van der Waals surface area contributed by atoms with E-state index in [4.69, 9.17) is 9.47 Å². The number of nitrogens with zero attached hydrogens (tertiary/aromatic N) is 1. The zero-order valence-electron chi connectivity index (χ0n) is 17.1. The Morgan fingerprint density at radius 1 is 1.17 bits per heavy atom. The van der Waals surface area contributed by atoms with Crippen LogP contribution in [0.5, 0.6) is 5.75 Å². The number of hydrogen-bond acceptors (Lipinski definition) is 5. The van der Waals surface area contributed by atoms with Gasteiger partial charge in [0.25, 0.3) is 15.9 Å². The minimum atomic E-state index is -3.86. The fourth-order valence-electron chi connectivity index (χ4n) is 3.26. The molecule has 0 aromatic heterocycles. The highest BCUT2D eigenvalue weighted by Gasteiger charge is 2.31. The summed E-state index contributed by atoms with van der Waals surface area (Å²) in [6.45, 7) is 6.93. The second kappa shape index (κ2) is 8.04. The van der Waals surface area contributed by atoms with Gasteiger partial charge in [-0.05, 0) is 62.7 Å². The molecule has 1 heterocycles. The second-order valence-corrected chi connectivity index (χ2v) is 9.30. The van der Waals surface area contributed by atoms with Gasteiger partial charge >= 0.3 is 0 Å². The van der Waals surface area contributed by atoms with Crippen molar-refractivity contribution in [2.45, 2.75) is 31.3 Å². The number of hydrogen-bond donors (Lipinski definition) is 1. The number of rotatable bonds is 5. The first-order valence-corrected chi connectivity index (χ1v) is 10.8. The van der Waals surface area contributed by atoms with Crippen LogP contribution in [0.25, 0.3) is 0 Å². The normalized spacial score (nSPS) is 16.3. The van der Waals surface area contributed by atoms with Crippen LogP contribution < -0.4 is 9.46 Å². The largest absolute Gasteiger partial charge is 0.497 e. The number of methoxy groups -OCH3 is 1. The van der Waals surface area contributed by atoms with E-state index in [-0.39, 0.29) is 10.8 Å². The van der Waals surface area contributed by atoms with Crippen LogP contribution >= 0.6 is 0 Å². The van der Waals surface area contributed by atoms with E-state index in [1.807, 2.05) is 13.8 Å². The molecule has 1 N–H and O–H groups in total. The van der Waals surface area contributed by atoms with Gasteiger partial charge in [0.2, 0.25) is 0 Å². The van der Waals surface area contributed by atoms with Crippen molar-refractivity contribution >= 4 is 21.6 Å². The predicted molar refractivity (Wildman–Crippen MR) is 111 cm³/mol. The standard InChI is InChI=1S/C21H26N2O5S/c1-15-5-6-16(20(24)23-11-12-28-21(2,3)14-23)13-19(15)29(25,26)22-17-7-9-18(27-4)10-8-17/h5-10,13,22H,11-12,14H2,1-4H3. The maximum atomic E-state index is 12.9. The van der Waals surface area contributed by atoms with Crippen molar-refractivity contribution in [3.8, 4) is 5.75 Å². The maximum Gasteiger partial charge on any atom is 0.262 e. The molecular weight excluding hydrogens is 392 g/mol. The molecule has 0 unspecified atom stereocenters. The molecule has 0 atom stereocenters. The van der Waals surface area contributed by atoms with Gasteiger partial charge in [-0.1, -0.05) is 6.07 Å². The van der Waals surface area contributed by atoms with Gasteiger partial charge < -0.3 is 14.4 Å². The average Bonchev–Trinajstić information content (AvgIpc) is 2.67. The van der Waals surface area contributed by atoms with E-state index in [1.54, 1.807) is 55.3 Å². The van der Waals surface area contributed by atoms with Crippen molar-refractivity contribution in [3.63, 3.8) is 0 Å². The quantitative estimate of drug-likeness (QED) is 0.807. The van der Waals surface area contributed by atoms with Crippen molar-refractivity contribution < 1.29 is 22.7 Å². The first-order chi connectivity index (χ1) is 13.6. The smallest absolute Gasteiger partial charge is 0.262 e. The molecule has 1 fully saturated rings. The Balaban J connectivity index is 1.86. The van der Waals surface area contributed by atoms with Gasteiger partial charge in [0.05, 0.1) is 24.2 Å². The van der Waals surface area contributed by atoms with Gasteiger partial charge in [0, 0.05) is 24.3 Å². The lowest BCUT2D eigenvalue weighted by Gasteiger charge is -2.38. The van der Waals surface area contributed by atoms with Gasteiger partial charge in [-0.3, -0.25) is 9.52 Å². The van der Waals surface area contributed by atoms with Crippen molar-refractivity contribution in [1.82, 2.24) is 4.90 Å². The summed E-state index contributed by atoms with van der Waals surface area (Å²) in [5.41, 5.74) is 0.883. The van der Waals surface area contributed by atoms with E-state index >= 15 is 0 Å². The number of morpholine rings is 1. The van der Waals surface area contributed by atoms with Crippen LogP contribution in [0.1, 0.15) is 29.8 Å². The summed E-state index contributed by atoms with van der Waals surface area (Å²) in [4.78, 5) is 14.7. The number of aryl methyl sites for hydroxylation is 1. The van der Waals surface area contributed by atoms with E-state index in [0.717, 1.165) is 0 Å². The molecule has 1 aliphatic rings. The van der Waals surface area contributed by atoms with Crippen molar-refractivity contribution in [2.24, 2.45) is 0 Å². The zero-order chi connectivity index (χ0) is 21.2. The van der Waals surface area contributed by atoms with Crippen molar-refractivity contribution in [1.29, 1.82) is 0 Å². The summed E-state index contributed by atoms with van der Waals surface area (Å²) >= 11 is 0. The molecule has 156 valence electrons. The highest BCUT2D eigenvalue weighted by Crippen LogP contribution is 2.24. The third-order valence-electron chi connectivity index (χ3n) is 4.78. The SMILES string of the molecule is COc1ccc(NS(=O)(=O)c2cc(C(=O)N3CCOC(C)(C)C3)ccc2C)cc1. The van der Waals surface area contributed by atoms with Crippen LogP contribution in [-0.4, -0.2) is 51.6 Å². The first kappa shape index (κ1) is 21.1. The molecule has 1 amide bonds. The molecule has 0 spiro atoms. The van der Waals surface area contributed by atoms with Crippen LogP contribution in [0.3, 0.4) is 0 Å². The lowest BCUT2D eigenvalue weighted by molar-refractivity contribution is -0.0764. The molecule has 0 saturated carbocycles. The molecule has 0 radical (unpaired) electrons. The van der Waals surface area contributed by atoms with Crippen LogP contribution in [0.15, 0.2) is 47.4 Å². The average molecular weight is 419 g/mol. The highest BCUT2D eigenvalue weighted by molar-refractivity contribution is 7.92. The van der Waals surface area contributed by atoms with Gasteiger partial charge in [-0.2, -0.15) is 0 Å². The predicted octanol–water partition coefficient (Wildman–Crippen LogP) is 3.06. The zero-order valence-corrected chi connectivity index (χ0v) is 17.9. The molecule has 3 rings (SSSR count). The molecule has 1 aliphatic heterocycles. The molecule has 2 aromatic rings. The Bertz CT molecular complexity index is 1000. The summed E-state index contributed by atoms with van der Waals surface area (Å²) in [5, 5.41) is 0. The van der Waals surface area contributed by atoms with E-state index < -0.39 is 15.6 Å². The number of benzene rings is 2. The second-order valence-electron chi connectivity index (χ2n) is 7.65. The molecule has 2 aromatic carbocycles. The number of carbonyl (C=O) groups is 1. The molecular formula is C21H26N2O5S. The third kappa shape index (κ3) is 4.89. The van der Waals surface area contributed by atoms with Gasteiger partial charge in [0.15, 0.2) is 0 Å². The van der Waals surface area contributed by atoms with Crippen LogP contribution in [0.4, 0.5) is 5.69 Å². The summed E-state index contributed by atoms with van der Waals surface area (Å²) in [6.07, 6.45) is 0. The lowest BCUT2D eigenvalue weighted by Crippen LogP contribution is -2.50. The molecule has 7 nitrogen and oxygen atoms in total. The molecule has 8 heteroatoms. The minimum absolute atomic E-state index is 0.0756. The molecule has 0 aliphatic carbocycles. The summed E-state index contributed by atoms with van der Waals surface area (Å²) in [5.74, 6) is 0.424. The fraction of sp³-hybridized carbons (Fsp3) is 0.381. The number of carbonyl (C=O) groups excluding carboxylic acids is 1. The molecule has 1 saturated heterocycles. The van der Waals surface area contributed by atoms with E-state index in [1.165, 1.54) is 6.07 Å². The van der Waals surface area contributed by atoms with E-state index in [2.05, 4.69) is 4.72 Å². The summed E-state index contributed by atoms with van der Waals surface area (Å²) < 4.78 is 39.2. The number of amides is 1. The Kier molecular flexibility index (Phi) is 5.86. The van der Waals surface area contributed by atoms with E-state index in [0.29, 0.717) is 42.3 Å². The Hall–Kier alpha value is -2.58. The van der Waals surface area contributed by atoms with Crippen molar-refractivity contribution in [2.75, 3.05) is 31.5 Å². The molecule has 29 heavy (non-hydrogen) atoms. The van der Waals surface area contributed by atoms with Crippen LogP contribution in [0, 0.1) is 6.92 Å². The number of nitrogens with one attached hydrogen (secondary N) is 1. The van der Waals surface area contributed by atoms with Crippen LogP contribution in [-0.2, 0) is 14.8 Å². The monoisotopic (exact) mass is 418 g/mol. The first-order valence-electron chi connectivity index (χ1n) is 9.32. The Morgan fingerprint density at radius 3 is 2.48 bits per heavy atom. The van der Waals surface area contributed by atoms with E-state index in [9.17, 15) is 13.2 Å². The third-order valence-corrected chi connectivity index (χ3v) is 6.30. The van der Waals surface area contributed by atoms with Gasteiger partial charge in [-0.25, -0.2) is 8.42 Å². The highest BCUT2D eigenvalue weighted by atomic mass is 32.2. The molecule has 0 bridgehead atoms. The lowest BCUT2D eigenvalue weighted by atomic mass is 10.1. The Labute approximate surface area is 171 Å². The van der Waals surface area contributed by atoms with Gasteiger partial charge in [-0.15, -0.1) is 0 Å². The summed E-state index contributed by atoms with van der Waals surface area (Å²) in [7, 11) is -2.32. The maximum absolute atomic E-state index is 12.9. The number of ether oxygens (including phenoxy) is 2. The minimum Gasteiger partial charge on any atom is -0.497 e. The number of anilines is 1. The number of sulfonamides is 1. The Morgan fingerprint density at radius 2 is 1.86 bits per heavy atom. The topological polar surface area (TPSA) is 84.9 Å².